The van der Waals surface area contributed by atoms with Crippen LogP contribution >= 0.6 is 0 Å². The molecule has 6 heteroatoms. The number of hydrogen-bond acceptors (Lipinski definition) is 3. The fraction of sp³-hybridized carbons (Fsp3) is 0.125. The van der Waals surface area contributed by atoms with Crippen molar-refractivity contribution in [2.75, 3.05) is 6.54 Å². The zero-order chi connectivity index (χ0) is 21.1. The highest BCUT2D eigenvalue weighted by molar-refractivity contribution is 5.98. The van der Waals surface area contributed by atoms with E-state index in [-0.39, 0.29) is 19.0 Å². The molecule has 1 heterocycles. The molecule has 30 heavy (non-hydrogen) atoms. The van der Waals surface area contributed by atoms with E-state index < -0.39 is 5.97 Å². The molecule has 0 unspecified atom stereocenters. The third-order valence-electron chi connectivity index (χ3n) is 4.91. The Morgan fingerprint density at radius 2 is 1.63 bits per heavy atom. The number of fused-ring (bicyclic) bond motifs is 1. The monoisotopic (exact) mass is 399 g/mol. The van der Waals surface area contributed by atoms with Gasteiger partial charge in [-0.15, -0.1) is 0 Å². The summed E-state index contributed by atoms with van der Waals surface area (Å²) in [5.41, 5.74) is 3.86. The minimum atomic E-state index is -1.05. The van der Waals surface area contributed by atoms with Crippen molar-refractivity contribution < 1.29 is 14.7 Å². The van der Waals surface area contributed by atoms with Crippen molar-refractivity contribution in [1.29, 1.82) is 0 Å². The first-order valence-electron chi connectivity index (χ1n) is 9.62. The molecule has 1 N–H and O–H groups in total. The second-order valence-electron chi connectivity index (χ2n) is 7.07. The lowest BCUT2D eigenvalue weighted by molar-refractivity contribution is -0.137. The largest absolute Gasteiger partial charge is 0.480 e. The van der Waals surface area contributed by atoms with Gasteiger partial charge < -0.3 is 10.0 Å². The summed E-state index contributed by atoms with van der Waals surface area (Å²) in [6, 6.07) is 24.6. The predicted molar refractivity (Wildman–Crippen MR) is 115 cm³/mol. The summed E-state index contributed by atoms with van der Waals surface area (Å²) in [6.07, 6.45) is 0. The molecule has 0 fully saturated rings. The predicted octanol–water partition coefficient (Wildman–Crippen LogP) is 4.06. The number of carboxylic acids is 1. The molecule has 150 valence electrons. The van der Waals surface area contributed by atoms with E-state index in [1.54, 1.807) is 12.1 Å². The van der Waals surface area contributed by atoms with E-state index in [1.807, 2.05) is 78.2 Å². The van der Waals surface area contributed by atoms with Crippen molar-refractivity contribution in [3.63, 3.8) is 0 Å². The Morgan fingerprint density at radius 1 is 0.967 bits per heavy atom. The molecule has 0 spiro atoms. The maximum atomic E-state index is 13.1. The van der Waals surface area contributed by atoms with Crippen LogP contribution in [-0.4, -0.2) is 38.0 Å². The first-order valence-corrected chi connectivity index (χ1v) is 9.62. The number of aryl methyl sites for hydroxylation is 1. The van der Waals surface area contributed by atoms with Gasteiger partial charge in [-0.3, -0.25) is 14.2 Å². The van der Waals surface area contributed by atoms with Gasteiger partial charge >= 0.3 is 5.97 Å². The van der Waals surface area contributed by atoms with Crippen molar-refractivity contribution in [2.45, 2.75) is 13.5 Å². The molecule has 0 aliphatic heterocycles. The third kappa shape index (κ3) is 3.93. The van der Waals surface area contributed by atoms with E-state index in [2.05, 4.69) is 4.98 Å². The Bertz CT molecular complexity index is 1200. The van der Waals surface area contributed by atoms with Gasteiger partial charge in [-0.1, -0.05) is 48.5 Å². The molecule has 0 bridgehead atoms. The lowest BCUT2D eigenvalue weighted by Crippen LogP contribution is -2.35. The molecule has 3 aromatic carbocycles. The van der Waals surface area contributed by atoms with Crippen LogP contribution in [0.1, 0.15) is 21.7 Å². The molecule has 0 aliphatic carbocycles. The molecule has 4 aromatic rings. The number of carboxylic acid groups (broad SMARTS) is 1. The number of nitrogens with zero attached hydrogens (tertiary/aromatic N) is 3. The van der Waals surface area contributed by atoms with Crippen LogP contribution in [0.4, 0.5) is 0 Å². The Morgan fingerprint density at radius 3 is 2.30 bits per heavy atom. The van der Waals surface area contributed by atoms with E-state index in [4.69, 9.17) is 0 Å². The smallest absolute Gasteiger partial charge is 0.323 e. The summed E-state index contributed by atoms with van der Waals surface area (Å²) in [6.45, 7) is 1.77. The van der Waals surface area contributed by atoms with Crippen LogP contribution in [0.15, 0.2) is 78.9 Å². The van der Waals surface area contributed by atoms with Gasteiger partial charge in [0.05, 0.1) is 11.0 Å². The summed E-state index contributed by atoms with van der Waals surface area (Å²) in [5.74, 6) is -0.577. The molecule has 0 saturated heterocycles. The van der Waals surface area contributed by atoms with E-state index in [9.17, 15) is 14.7 Å². The van der Waals surface area contributed by atoms with Crippen molar-refractivity contribution in [3.8, 4) is 5.69 Å². The summed E-state index contributed by atoms with van der Waals surface area (Å²) >= 11 is 0. The van der Waals surface area contributed by atoms with Crippen LogP contribution in [0.25, 0.3) is 16.7 Å². The van der Waals surface area contributed by atoms with Crippen molar-refractivity contribution in [1.82, 2.24) is 14.5 Å². The summed E-state index contributed by atoms with van der Waals surface area (Å²) in [5, 5.41) is 9.29. The maximum absolute atomic E-state index is 13.1. The second-order valence-corrected chi connectivity index (χ2v) is 7.07. The van der Waals surface area contributed by atoms with Crippen LogP contribution < -0.4 is 0 Å². The molecular weight excluding hydrogens is 378 g/mol. The minimum absolute atomic E-state index is 0.224. The van der Waals surface area contributed by atoms with Gasteiger partial charge in [0.15, 0.2) is 0 Å². The number of aliphatic carboxylic acids is 1. The van der Waals surface area contributed by atoms with Gasteiger partial charge in [-0.05, 0) is 42.8 Å². The third-order valence-corrected chi connectivity index (χ3v) is 4.91. The highest BCUT2D eigenvalue weighted by atomic mass is 16.4. The van der Waals surface area contributed by atoms with Crippen LogP contribution in [-0.2, 0) is 11.3 Å². The molecule has 0 aliphatic rings. The molecule has 0 atom stereocenters. The van der Waals surface area contributed by atoms with Gasteiger partial charge in [0.1, 0.15) is 12.4 Å². The number of amides is 1. The number of imidazole rings is 1. The summed E-state index contributed by atoms with van der Waals surface area (Å²) < 4.78 is 2.03. The van der Waals surface area contributed by atoms with Gasteiger partial charge in [0.25, 0.3) is 5.91 Å². The van der Waals surface area contributed by atoms with Crippen LogP contribution in [0.3, 0.4) is 0 Å². The number of carbonyl (C=O) groups excluding carboxylic acids is 1. The van der Waals surface area contributed by atoms with E-state index >= 15 is 0 Å². The molecule has 1 aromatic heterocycles. The number of hydrogen-bond donors (Lipinski definition) is 1. The molecule has 4 rings (SSSR count). The van der Waals surface area contributed by atoms with Crippen LogP contribution in [0.5, 0.6) is 0 Å². The summed E-state index contributed by atoms with van der Waals surface area (Å²) in [4.78, 5) is 30.4. The van der Waals surface area contributed by atoms with Crippen molar-refractivity contribution >= 4 is 22.9 Å². The number of carbonyl (C=O) groups is 2. The van der Waals surface area contributed by atoms with Gasteiger partial charge in [0.2, 0.25) is 0 Å². The Kier molecular flexibility index (Phi) is 5.30. The Balaban J connectivity index is 1.69. The van der Waals surface area contributed by atoms with Gasteiger partial charge in [-0.2, -0.15) is 0 Å². The number of benzene rings is 3. The summed E-state index contributed by atoms with van der Waals surface area (Å²) in [7, 11) is 0. The van der Waals surface area contributed by atoms with E-state index in [0.29, 0.717) is 11.1 Å². The molecule has 6 nitrogen and oxygen atoms in total. The Labute approximate surface area is 174 Å². The van der Waals surface area contributed by atoms with E-state index in [0.717, 1.165) is 22.6 Å². The van der Waals surface area contributed by atoms with Crippen molar-refractivity contribution in [3.05, 3.63) is 95.8 Å². The van der Waals surface area contributed by atoms with Gasteiger partial charge in [-0.25, -0.2) is 4.98 Å². The average Bonchev–Trinajstić information content (AvgIpc) is 3.08. The fourth-order valence-corrected chi connectivity index (χ4v) is 3.59. The SMILES string of the molecule is Cc1nc2cc(C(=O)N(CC(=O)O)Cc3ccccc3)ccc2n1-c1ccccc1. The average molecular weight is 399 g/mol. The lowest BCUT2D eigenvalue weighted by Gasteiger charge is -2.21. The number of para-hydroxylation sites is 1. The highest BCUT2D eigenvalue weighted by Gasteiger charge is 2.20. The standard InChI is InChI=1S/C24H21N3O3/c1-17-25-21-14-19(12-13-22(21)27(17)20-10-6-3-7-11-20)24(30)26(16-23(28)29)15-18-8-4-2-5-9-18/h2-14H,15-16H2,1H3,(H,28,29). The minimum Gasteiger partial charge on any atom is -0.480 e. The Hall–Kier alpha value is -3.93. The molecular formula is C24H21N3O3. The van der Waals surface area contributed by atoms with Gasteiger partial charge in [0, 0.05) is 17.8 Å². The second kappa shape index (κ2) is 8.21. The molecule has 0 saturated carbocycles. The first-order chi connectivity index (χ1) is 14.5. The molecule has 0 radical (unpaired) electrons. The topological polar surface area (TPSA) is 75.4 Å². The maximum Gasteiger partial charge on any atom is 0.323 e. The quantitative estimate of drug-likeness (QED) is 0.531. The molecule has 1 amide bonds. The fourth-order valence-electron chi connectivity index (χ4n) is 3.59. The first kappa shape index (κ1) is 19.4. The zero-order valence-corrected chi connectivity index (χ0v) is 16.5. The highest BCUT2D eigenvalue weighted by Crippen LogP contribution is 2.23. The van der Waals surface area contributed by atoms with Crippen LogP contribution in [0.2, 0.25) is 0 Å². The normalized spacial score (nSPS) is 10.8. The van der Waals surface area contributed by atoms with Crippen molar-refractivity contribution in [2.24, 2.45) is 0 Å². The number of rotatable bonds is 6. The zero-order valence-electron chi connectivity index (χ0n) is 16.5. The van der Waals surface area contributed by atoms with Crippen LogP contribution in [0, 0.1) is 6.92 Å². The lowest BCUT2D eigenvalue weighted by atomic mass is 10.1. The van der Waals surface area contributed by atoms with E-state index in [1.165, 1.54) is 4.90 Å². The number of aromatic nitrogens is 2.